The van der Waals surface area contributed by atoms with Crippen LogP contribution in [0.15, 0.2) is 30.3 Å². The van der Waals surface area contributed by atoms with Gasteiger partial charge < -0.3 is 15.1 Å². The maximum atomic E-state index is 5.43. The third-order valence-corrected chi connectivity index (χ3v) is 3.57. The summed E-state index contributed by atoms with van der Waals surface area (Å²) in [7, 11) is 4.25. The van der Waals surface area contributed by atoms with Crippen molar-refractivity contribution >= 4 is 23.0 Å². The average molecular weight is 249 g/mol. The van der Waals surface area contributed by atoms with Crippen LogP contribution in [0.4, 0.5) is 5.69 Å². The van der Waals surface area contributed by atoms with Gasteiger partial charge in [-0.05, 0) is 44.9 Å². The number of likely N-dealkylation sites (tertiary alicyclic amines) is 1. The molecule has 4 heteroatoms. The van der Waals surface area contributed by atoms with Crippen molar-refractivity contribution in [2.45, 2.75) is 12.5 Å². The molecule has 92 valence electrons. The molecule has 1 atom stereocenters. The second-order valence-electron chi connectivity index (χ2n) is 4.65. The van der Waals surface area contributed by atoms with Crippen LogP contribution in [0.3, 0.4) is 0 Å². The minimum atomic E-state index is 0.616. The molecule has 1 saturated heterocycles. The molecule has 3 nitrogen and oxygen atoms in total. The first kappa shape index (κ1) is 12.3. The van der Waals surface area contributed by atoms with E-state index in [9.17, 15) is 0 Å². The number of nitrogens with zero attached hydrogens (tertiary/aromatic N) is 2. The smallest absolute Gasteiger partial charge is 0.173 e. The summed E-state index contributed by atoms with van der Waals surface area (Å²) in [5.41, 5.74) is 1.06. The summed E-state index contributed by atoms with van der Waals surface area (Å²) in [5, 5.41) is 4.12. The summed E-state index contributed by atoms with van der Waals surface area (Å²) in [6.07, 6.45) is 1.18. The molecule has 1 aliphatic rings. The molecule has 17 heavy (non-hydrogen) atoms. The molecule has 1 aromatic rings. The molecule has 0 radical (unpaired) electrons. The molecule has 0 aromatic heterocycles. The minimum Gasteiger partial charge on any atom is -0.347 e. The molecule has 0 spiro atoms. The Morgan fingerprint density at radius 1 is 1.35 bits per heavy atom. The number of para-hydroxylation sites is 1. The van der Waals surface area contributed by atoms with Gasteiger partial charge in [0, 0.05) is 24.8 Å². The van der Waals surface area contributed by atoms with Gasteiger partial charge in [-0.15, -0.1) is 0 Å². The van der Waals surface area contributed by atoms with Crippen LogP contribution in [0.25, 0.3) is 0 Å². The lowest BCUT2D eigenvalue weighted by Crippen LogP contribution is -2.36. The highest BCUT2D eigenvalue weighted by Gasteiger charge is 2.25. The van der Waals surface area contributed by atoms with Gasteiger partial charge >= 0.3 is 0 Å². The van der Waals surface area contributed by atoms with Gasteiger partial charge in [-0.3, -0.25) is 0 Å². The number of likely N-dealkylation sites (N-methyl/N-ethyl adjacent to an activating group) is 1. The fraction of sp³-hybridized carbons (Fsp3) is 0.462. The summed E-state index contributed by atoms with van der Waals surface area (Å²) in [4.78, 5) is 4.51. The molecule has 2 rings (SSSR count). The molecule has 1 N–H and O–H groups in total. The average Bonchev–Trinajstić information content (AvgIpc) is 2.79. The first-order valence-electron chi connectivity index (χ1n) is 5.94. The first-order valence-corrected chi connectivity index (χ1v) is 6.35. The number of benzene rings is 1. The van der Waals surface area contributed by atoms with Crippen molar-refractivity contribution in [1.29, 1.82) is 0 Å². The SMILES string of the molecule is CN(C)C1CCN(C(=S)Nc2ccccc2)C1. The highest BCUT2D eigenvalue weighted by molar-refractivity contribution is 7.80. The predicted octanol–water partition coefficient (Wildman–Crippen LogP) is 2.02. The predicted molar refractivity (Wildman–Crippen MR) is 76.3 cm³/mol. The van der Waals surface area contributed by atoms with E-state index >= 15 is 0 Å². The fourth-order valence-corrected chi connectivity index (χ4v) is 2.36. The van der Waals surface area contributed by atoms with E-state index in [2.05, 4.69) is 29.2 Å². The lowest BCUT2D eigenvalue weighted by Gasteiger charge is -2.22. The van der Waals surface area contributed by atoms with Crippen LogP contribution in [0.2, 0.25) is 0 Å². The Morgan fingerprint density at radius 3 is 2.65 bits per heavy atom. The summed E-state index contributed by atoms with van der Waals surface area (Å²) < 4.78 is 0. The van der Waals surface area contributed by atoms with Crippen LogP contribution in [-0.4, -0.2) is 48.1 Å². The fourth-order valence-electron chi connectivity index (χ4n) is 2.07. The molecule has 0 bridgehead atoms. The molecule has 0 amide bonds. The van der Waals surface area contributed by atoms with E-state index in [0.717, 1.165) is 23.9 Å². The maximum Gasteiger partial charge on any atom is 0.173 e. The van der Waals surface area contributed by atoms with Gasteiger partial charge in [0.2, 0.25) is 0 Å². The molecule has 1 aromatic carbocycles. The lowest BCUT2D eigenvalue weighted by atomic mass is 10.2. The van der Waals surface area contributed by atoms with Crippen molar-refractivity contribution in [3.05, 3.63) is 30.3 Å². The molecule has 1 unspecified atom stereocenters. The second kappa shape index (κ2) is 5.47. The zero-order chi connectivity index (χ0) is 12.3. The number of thiocarbonyl (C=S) groups is 1. The molecule has 0 aliphatic carbocycles. The van der Waals surface area contributed by atoms with Crippen LogP contribution in [0, 0.1) is 0 Å². The van der Waals surface area contributed by atoms with Crippen LogP contribution in [0.1, 0.15) is 6.42 Å². The Labute approximate surface area is 108 Å². The molecular formula is C13H19N3S. The van der Waals surface area contributed by atoms with Gasteiger partial charge in [0.05, 0.1) is 0 Å². The molecular weight excluding hydrogens is 230 g/mol. The van der Waals surface area contributed by atoms with Gasteiger partial charge in [0.25, 0.3) is 0 Å². The van der Waals surface area contributed by atoms with Gasteiger partial charge in [0.15, 0.2) is 5.11 Å². The number of nitrogens with one attached hydrogen (secondary N) is 1. The zero-order valence-electron chi connectivity index (χ0n) is 10.4. The van der Waals surface area contributed by atoms with Crippen LogP contribution < -0.4 is 5.32 Å². The third-order valence-electron chi connectivity index (χ3n) is 3.21. The van der Waals surface area contributed by atoms with E-state index in [4.69, 9.17) is 12.2 Å². The molecule has 0 saturated carbocycles. The van der Waals surface area contributed by atoms with Crippen LogP contribution in [-0.2, 0) is 0 Å². The van der Waals surface area contributed by atoms with Crippen LogP contribution in [0.5, 0.6) is 0 Å². The summed E-state index contributed by atoms with van der Waals surface area (Å²) in [6, 6.07) is 10.7. The van der Waals surface area contributed by atoms with Crippen molar-refractivity contribution in [2.24, 2.45) is 0 Å². The number of anilines is 1. The molecule has 1 aliphatic heterocycles. The van der Waals surface area contributed by atoms with Gasteiger partial charge in [0.1, 0.15) is 0 Å². The maximum absolute atomic E-state index is 5.43. The summed E-state index contributed by atoms with van der Waals surface area (Å²) >= 11 is 5.43. The third kappa shape index (κ3) is 3.17. The topological polar surface area (TPSA) is 18.5 Å². The standard InChI is InChI=1S/C13H19N3S/c1-15(2)12-8-9-16(10-12)13(17)14-11-6-4-3-5-7-11/h3-7,12H,8-10H2,1-2H3,(H,14,17). The Balaban J connectivity index is 1.90. The molecule has 1 heterocycles. The van der Waals surface area contributed by atoms with E-state index < -0.39 is 0 Å². The first-order chi connectivity index (χ1) is 8.16. The van der Waals surface area contributed by atoms with Crippen molar-refractivity contribution < 1.29 is 0 Å². The van der Waals surface area contributed by atoms with Gasteiger partial charge in [-0.1, -0.05) is 18.2 Å². The second-order valence-corrected chi connectivity index (χ2v) is 5.04. The highest BCUT2D eigenvalue weighted by Crippen LogP contribution is 2.15. The van der Waals surface area contributed by atoms with Crippen molar-refractivity contribution in [1.82, 2.24) is 9.80 Å². The van der Waals surface area contributed by atoms with E-state index in [0.29, 0.717) is 6.04 Å². The Hall–Kier alpha value is -1.13. The Kier molecular flexibility index (Phi) is 3.97. The normalized spacial score (nSPS) is 19.7. The van der Waals surface area contributed by atoms with E-state index in [1.54, 1.807) is 0 Å². The van der Waals surface area contributed by atoms with Crippen molar-refractivity contribution in [3.63, 3.8) is 0 Å². The van der Waals surface area contributed by atoms with Crippen LogP contribution >= 0.6 is 12.2 Å². The van der Waals surface area contributed by atoms with Gasteiger partial charge in [-0.25, -0.2) is 0 Å². The highest BCUT2D eigenvalue weighted by atomic mass is 32.1. The largest absolute Gasteiger partial charge is 0.347 e. The minimum absolute atomic E-state index is 0.616. The lowest BCUT2D eigenvalue weighted by molar-refractivity contribution is 0.301. The van der Waals surface area contributed by atoms with E-state index in [1.165, 1.54) is 6.42 Å². The van der Waals surface area contributed by atoms with Gasteiger partial charge in [-0.2, -0.15) is 0 Å². The van der Waals surface area contributed by atoms with Crippen molar-refractivity contribution in [2.75, 3.05) is 32.5 Å². The monoisotopic (exact) mass is 249 g/mol. The quantitative estimate of drug-likeness (QED) is 0.808. The Morgan fingerprint density at radius 2 is 2.06 bits per heavy atom. The van der Waals surface area contributed by atoms with Crippen molar-refractivity contribution in [3.8, 4) is 0 Å². The van der Waals surface area contributed by atoms with E-state index in [1.807, 2.05) is 30.3 Å². The van der Waals surface area contributed by atoms with E-state index in [-0.39, 0.29) is 0 Å². The number of hydrogen-bond donors (Lipinski definition) is 1. The number of rotatable bonds is 2. The number of hydrogen-bond acceptors (Lipinski definition) is 2. The summed E-state index contributed by atoms with van der Waals surface area (Å²) in [6.45, 7) is 2.06. The summed E-state index contributed by atoms with van der Waals surface area (Å²) in [5.74, 6) is 0. The molecule has 1 fully saturated rings. The zero-order valence-corrected chi connectivity index (χ0v) is 11.2. The Bertz CT molecular complexity index is 378.